The van der Waals surface area contributed by atoms with Gasteiger partial charge in [0.25, 0.3) is 0 Å². The summed E-state index contributed by atoms with van der Waals surface area (Å²) in [4.78, 5) is 12.7. The molecule has 7 nitrogen and oxygen atoms in total. The van der Waals surface area contributed by atoms with E-state index in [0.717, 1.165) is 11.2 Å². The van der Waals surface area contributed by atoms with E-state index in [1.807, 2.05) is 0 Å². The number of benzene rings is 2. The molecule has 1 saturated heterocycles. The van der Waals surface area contributed by atoms with Gasteiger partial charge in [0.05, 0.1) is 19.3 Å². The zero-order valence-corrected chi connectivity index (χ0v) is 19.2. The number of rotatable bonds is 6. The lowest BCUT2D eigenvalue weighted by Gasteiger charge is -2.34. The van der Waals surface area contributed by atoms with Gasteiger partial charge in [0, 0.05) is 42.8 Å². The number of hydrogen-bond acceptors (Lipinski definition) is 5. The molecular formula is C20H20ClF4N3O4S. The van der Waals surface area contributed by atoms with E-state index in [9.17, 15) is 30.8 Å². The van der Waals surface area contributed by atoms with Crippen molar-refractivity contribution in [2.75, 3.05) is 45.2 Å². The van der Waals surface area contributed by atoms with Crippen LogP contribution in [-0.4, -0.2) is 63.4 Å². The second kappa shape index (κ2) is 9.74. The van der Waals surface area contributed by atoms with E-state index in [4.69, 9.17) is 16.3 Å². The normalized spacial score (nSPS) is 14.9. The maximum atomic E-state index is 14.2. The minimum atomic E-state index is -4.67. The van der Waals surface area contributed by atoms with Crippen molar-refractivity contribution in [1.82, 2.24) is 9.21 Å². The lowest BCUT2D eigenvalue weighted by Crippen LogP contribution is -2.51. The number of nitrogens with zero attached hydrogens (tertiary/aromatic N) is 2. The van der Waals surface area contributed by atoms with Crippen LogP contribution in [0.5, 0.6) is 5.75 Å². The number of anilines is 1. The molecule has 2 aromatic rings. The van der Waals surface area contributed by atoms with Gasteiger partial charge >= 0.3 is 0 Å². The van der Waals surface area contributed by atoms with Gasteiger partial charge in [-0.2, -0.15) is 4.31 Å². The van der Waals surface area contributed by atoms with Crippen LogP contribution in [0.2, 0.25) is 5.02 Å². The van der Waals surface area contributed by atoms with Crippen LogP contribution in [-0.2, 0) is 14.8 Å². The average Bonchev–Trinajstić information content (AvgIpc) is 2.80. The Labute approximate surface area is 192 Å². The van der Waals surface area contributed by atoms with E-state index in [1.165, 1.54) is 12.0 Å². The molecule has 3 rings (SSSR count). The summed E-state index contributed by atoms with van der Waals surface area (Å²) in [5.41, 5.74) is -0.325. The molecule has 0 radical (unpaired) electrons. The second-order valence-electron chi connectivity index (χ2n) is 7.19. The smallest absolute Gasteiger partial charge is 0.246 e. The molecule has 1 N–H and O–H groups in total. The summed E-state index contributed by atoms with van der Waals surface area (Å²) in [6, 6.07) is 4.82. The third-order valence-corrected chi connectivity index (χ3v) is 7.51. The number of sulfonamides is 1. The van der Waals surface area contributed by atoms with Crippen LogP contribution in [0, 0.1) is 30.2 Å². The third-order valence-electron chi connectivity index (χ3n) is 5.23. The molecule has 13 heteroatoms. The van der Waals surface area contributed by atoms with Crippen molar-refractivity contribution < 1.29 is 35.5 Å². The van der Waals surface area contributed by atoms with Crippen LogP contribution in [0.25, 0.3) is 0 Å². The highest BCUT2D eigenvalue weighted by Gasteiger charge is 2.37. The van der Waals surface area contributed by atoms with Gasteiger partial charge in [-0.05, 0) is 19.1 Å². The number of ether oxygens (including phenoxy) is 1. The lowest BCUT2D eigenvalue weighted by atomic mass is 10.2. The molecular weight excluding hydrogens is 490 g/mol. The molecule has 0 bridgehead atoms. The van der Waals surface area contributed by atoms with Crippen LogP contribution in [0.1, 0.15) is 5.56 Å². The highest BCUT2D eigenvalue weighted by atomic mass is 35.5. The summed E-state index contributed by atoms with van der Waals surface area (Å²) in [5.74, 6) is -7.94. The number of amides is 1. The van der Waals surface area contributed by atoms with Crippen LogP contribution in [0.3, 0.4) is 0 Å². The quantitative estimate of drug-likeness (QED) is 0.368. The Balaban J connectivity index is 1.68. The fraction of sp³-hybridized carbons (Fsp3) is 0.350. The van der Waals surface area contributed by atoms with Crippen LogP contribution < -0.4 is 10.1 Å². The molecule has 0 spiro atoms. The van der Waals surface area contributed by atoms with E-state index >= 15 is 0 Å². The SMILES string of the molecule is COc1cc(Cl)ccc1NCC(=O)N1CCN(S(=O)(=O)c2c(C)c(F)c(F)c(F)c2F)CC1. The Morgan fingerprint density at radius 1 is 1.06 bits per heavy atom. The predicted octanol–water partition coefficient (Wildman–Crippen LogP) is 3.16. The van der Waals surface area contributed by atoms with Crippen molar-refractivity contribution in [2.24, 2.45) is 0 Å². The van der Waals surface area contributed by atoms with Gasteiger partial charge in [-0.3, -0.25) is 4.79 Å². The Hall–Kier alpha value is -2.57. The van der Waals surface area contributed by atoms with E-state index in [1.54, 1.807) is 18.2 Å². The van der Waals surface area contributed by atoms with Gasteiger partial charge in [-0.25, -0.2) is 26.0 Å². The van der Waals surface area contributed by atoms with Crippen LogP contribution in [0.15, 0.2) is 23.1 Å². The molecule has 1 aliphatic heterocycles. The number of piperazine rings is 1. The number of carbonyl (C=O) groups is 1. The zero-order valence-electron chi connectivity index (χ0n) is 17.6. The number of halogens is 5. The van der Waals surface area contributed by atoms with Crippen LogP contribution >= 0.6 is 11.6 Å². The molecule has 0 unspecified atom stereocenters. The molecule has 33 heavy (non-hydrogen) atoms. The largest absolute Gasteiger partial charge is 0.495 e. The number of carbonyl (C=O) groups excluding carboxylic acids is 1. The molecule has 0 aliphatic carbocycles. The summed E-state index contributed by atoms with van der Waals surface area (Å²) in [6.45, 7) is 0.182. The summed E-state index contributed by atoms with van der Waals surface area (Å²) in [6.07, 6.45) is 0. The number of methoxy groups -OCH3 is 1. The first kappa shape index (κ1) is 25.1. The third kappa shape index (κ3) is 4.87. The first-order valence-corrected chi connectivity index (χ1v) is 11.5. The zero-order chi connectivity index (χ0) is 24.5. The monoisotopic (exact) mass is 509 g/mol. The molecule has 1 heterocycles. The molecule has 0 atom stereocenters. The Bertz CT molecular complexity index is 1160. The maximum Gasteiger partial charge on any atom is 0.246 e. The van der Waals surface area contributed by atoms with Gasteiger partial charge in [-0.1, -0.05) is 11.6 Å². The van der Waals surface area contributed by atoms with Crippen molar-refractivity contribution in [3.8, 4) is 5.75 Å². The topological polar surface area (TPSA) is 79.0 Å². The summed E-state index contributed by atoms with van der Waals surface area (Å²) >= 11 is 5.90. The highest BCUT2D eigenvalue weighted by Crippen LogP contribution is 2.30. The van der Waals surface area contributed by atoms with Crippen LogP contribution in [0.4, 0.5) is 23.2 Å². The first-order valence-electron chi connectivity index (χ1n) is 9.67. The molecule has 2 aromatic carbocycles. The molecule has 0 saturated carbocycles. The molecule has 1 aliphatic rings. The standard InChI is InChI=1S/C20H20ClF4N3O4S/c1-11-16(22)17(23)18(24)19(25)20(11)33(30,31)28-7-5-27(6-8-28)15(29)10-26-13-4-3-12(21)9-14(13)32-2/h3-4,9,26H,5-8,10H2,1-2H3. The fourth-order valence-corrected chi connectivity index (χ4v) is 5.29. The maximum absolute atomic E-state index is 14.2. The lowest BCUT2D eigenvalue weighted by molar-refractivity contribution is -0.130. The van der Waals surface area contributed by atoms with Crippen molar-refractivity contribution >= 4 is 33.2 Å². The summed E-state index contributed by atoms with van der Waals surface area (Å²) in [7, 11) is -3.23. The first-order chi connectivity index (χ1) is 15.5. The second-order valence-corrected chi connectivity index (χ2v) is 9.50. The fourth-order valence-electron chi connectivity index (χ4n) is 3.43. The number of nitrogens with one attached hydrogen (secondary N) is 1. The minimum absolute atomic E-state index is 0.0374. The van der Waals surface area contributed by atoms with Gasteiger partial charge in [-0.15, -0.1) is 0 Å². The number of hydrogen-bond donors (Lipinski definition) is 1. The van der Waals surface area contributed by atoms with E-state index in [2.05, 4.69) is 5.32 Å². The minimum Gasteiger partial charge on any atom is -0.495 e. The van der Waals surface area contributed by atoms with Gasteiger partial charge < -0.3 is 15.0 Å². The van der Waals surface area contributed by atoms with Gasteiger partial charge in [0.2, 0.25) is 15.9 Å². The van der Waals surface area contributed by atoms with Crippen molar-refractivity contribution in [2.45, 2.75) is 11.8 Å². The van der Waals surface area contributed by atoms with Crippen molar-refractivity contribution in [3.05, 3.63) is 52.1 Å². The Morgan fingerprint density at radius 3 is 2.27 bits per heavy atom. The highest BCUT2D eigenvalue weighted by molar-refractivity contribution is 7.89. The van der Waals surface area contributed by atoms with Crippen molar-refractivity contribution in [1.29, 1.82) is 0 Å². The van der Waals surface area contributed by atoms with E-state index < -0.39 is 43.8 Å². The predicted molar refractivity (Wildman–Crippen MR) is 113 cm³/mol. The van der Waals surface area contributed by atoms with Gasteiger partial charge in [0.15, 0.2) is 23.3 Å². The molecule has 1 amide bonds. The van der Waals surface area contributed by atoms with Gasteiger partial charge in [0.1, 0.15) is 10.6 Å². The molecule has 180 valence electrons. The molecule has 0 aromatic heterocycles. The Kier molecular flexibility index (Phi) is 7.39. The summed E-state index contributed by atoms with van der Waals surface area (Å²) < 4.78 is 86.8. The summed E-state index contributed by atoms with van der Waals surface area (Å²) in [5, 5.41) is 3.37. The average molecular weight is 510 g/mol. The van der Waals surface area contributed by atoms with E-state index in [-0.39, 0.29) is 38.6 Å². The van der Waals surface area contributed by atoms with E-state index in [0.29, 0.717) is 16.5 Å². The van der Waals surface area contributed by atoms with Crippen molar-refractivity contribution in [3.63, 3.8) is 0 Å². The Morgan fingerprint density at radius 2 is 1.67 bits per heavy atom. The molecule has 1 fully saturated rings.